The van der Waals surface area contributed by atoms with Crippen molar-refractivity contribution in [2.45, 2.75) is 26.4 Å². The Hall–Kier alpha value is -2.04. The zero-order chi connectivity index (χ0) is 13.7. The van der Waals surface area contributed by atoms with Gasteiger partial charge in [0.25, 0.3) is 0 Å². The molecular weight excluding hydrogens is 238 g/mol. The van der Waals surface area contributed by atoms with E-state index in [-0.39, 0.29) is 0 Å². The molecule has 0 fully saturated rings. The molecule has 2 aromatic rings. The number of rotatable bonds is 6. The summed E-state index contributed by atoms with van der Waals surface area (Å²) >= 11 is 0. The zero-order valence-electron chi connectivity index (χ0n) is 11.8. The van der Waals surface area contributed by atoms with Crippen molar-refractivity contribution >= 4 is 11.4 Å². The highest BCUT2D eigenvalue weighted by Crippen LogP contribution is 2.22. The summed E-state index contributed by atoms with van der Waals surface area (Å²) in [4.78, 5) is 6.25. The summed E-state index contributed by atoms with van der Waals surface area (Å²) in [5.41, 5.74) is 3.36. The Kier molecular flexibility index (Phi) is 4.39. The van der Waals surface area contributed by atoms with Crippen LogP contribution in [0.3, 0.4) is 0 Å². The molecule has 0 unspecified atom stereocenters. The molecule has 0 aliphatic rings. The maximum Gasteiger partial charge on any atom is 0.0767 e. The van der Waals surface area contributed by atoms with Crippen molar-refractivity contribution in [3.63, 3.8) is 0 Å². The van der Waals surface area contributed by atoms with E-state index in [1.807, 2.05) is 49.5 Å². The SMILES string of the molecule is CCCn1nccc1CNc1cnccc1N(C)C. The van der Waals surface area contributed by atoms with Gasteiger partial charge in [-0.2, -0.15) is 5.10 Å². The second kappa shape index (κ2) is 6.22. The van der Waals surface area contributed by atoms with Gasteiger partial charge in [0, 0.05) is 33.0 Å². The van der Waals surface area contributed by atoms with Crippen molar-refractivity contribution < 1.29 is 0 Å². The van der Waals surface area contributed by atoms with Crippen LogP contribution in [0.25, 0.3) is 0 Å². The maximum atomic E-state index is 4.33. The van der Waals surface area contributed by atoms with Crippen LogP contribution in [0.4, 0.5) is 11.4 Å². The standard InChI is InChI=1S/C14H21N5/c1-4-9-19-12(5-8-17-19)10-16-13-11-15-7-6-14(13)18(2)3/h5-8,11,16H,4,9-10H2,1-3H3. The van der Waals surface area contributed by atoms with Gasteiger partial charge in [0.2, 0.25) is 0 Å². The molecule has 0 radical (unpaired) electrons. The Morgan fingerprint density at radius 3 is 2.84 bits per heavy atom. The maximum absolute atomic E-state index is 4.33. The molecule has 102 valence electrons. The molecule has 2 heterocycles. The Labute approximate surface area is 114 Å². The Bertz CT molecular complexity index is 518. The first-order valence-corrected chi connectivity index (χ1v) is 6.58. The normalized spacial score (nSPS) is 10.5. The molecule has 0 spiro atoms. The number of nitrogens with one attached hydrogen (secondary N) is 1. The van der Waals surface area contributed by atoms with Crippen molar-refractivity contribution in [2.75, 3.05) is 24.3 Å². The quantitative estimate of drug-likeness (QED) is 0.865. The fraction of sp³-hybridized carbons (Fsp3) is 0.429. The fourth-order valence-corrected chi connectivity index (χ4v) is 2.02. The lowest BCUT2D eigenvalue weighted by atomic mass is 10.3. The monoisotopic (exact) mass is 259 g/mol. The van der Waals surface area contributed by atoms with E-state index in [9.17, 15) is 0 Å². The first kappa shape index (κ1) is 13.4. The van der Waals surface area contributed by atoms with Crippen molar-refractivity contribution in [3.8, 4) is 0 Å². The van der Waals surface area contributed by atoms with Crippen LogP contribution in [-0.4, -0.2) is 28.9 Å². The number of aromatic nitrogens is 3. The van der Waals surface area contributed by atoms with Crippen LogP contribution < -0.4 is 10.2 Å². The second-order valence-corrected chi connectivity index (χ2v) is 4.69. The molecule has 19 heavy (non-hydrogen) atoms. The Morgan fingerprint density at radius 2 is 2.11 bits per heavy atom. The summed E-state index contributed by atoms with van der Waals surface area (Å²) in [6, 6.07) is 4.06. The largest absolute Gasteiger partial charge is 0.376 e. The third-order valence-corrected chi connectivity index (χ3v) is 2.98. The number of hydrogen-bond acceptors (Lipinski definition) is 4. The molecule has 0 saturated heterocycles. The van der Waals surface area contributed by atoms with Gasteiger partial charge < -0.3 is 10.2 Å². The fourth-order valence-electron chi connectivity index (χ4n) is 2.02. The molecule has 0 bridgehead atoms. The molecule has 0 aromatic carbocycles. The summed E-state index contributed by atoms with van der Waals surface area (Å²) in [6.45, 7) is 3.87. The van der Waals surface area contributed by atoms with Gasteiger partial charge in [-0.25, -0.2) is 0 Å². The molecule has 0 atom stereocenters. The van der Waals surface area contributed by atoms with E-state index in [1.54, 1.807) is 0 Å². The van der Waals surface area contributed by atoms with E-state index < -0.39 is 0 Å². The predicted molar refractivity (Wildman–Crippen MR) is 78.4 cm³/mol. The molecule has 0 aliphatic carbocycles. The summed E-state index contributed by atoms with van der Waals surface area (Å²) < 4.78 is 2.04. The predicted octanol–water partition coefficient (Wildman–Crippen LogP) is 2.37. The topological polar surface area (TPSA) is 46.0 Å². The van der Waals surface area contributed by atoms with Crippen LogP contribution in [0.5, 0.6) is 0 Å². The van der Waals surface area contributed by atoms with Gasteiger partial charge in [-0.05, 0) is 18.6 Å². The van der Waals surface area contributed by atoms with Gasteiger partial charge in [0.05, 0.1) is 29.8 Å². The third-order valence-electron chi connectivity index (χ3n) is 2.98. The molecule has 5 nitrogen and oxygen atoms in total. The summed E-state index contributed by atoms with van der Waals surface area (Å²) in [5.74, 6) is 0. The number of aryl methyl sites for hydroxylation is 1. The number of anilines is 2. The smallest absolute Gasteiger partial charge is 0.0767 e. The minimum atomic E-state index is 0.756. The Balaban J connectivity index is 2.08. The summed E-state index contributed by atoms with van der Waals surface area (Å²) in [7, 11) is 4.06. The van der Waals surface area contributed by atoms with Crippen LogP contribution in [0, 0.1) is 0 Å². The first-order valence-electron chi connectivity index (χ1n) is 6.58. The highest BCUT2D eigenvalue weighted by atomic mass is 15.3. The van der Waals surface area contributed by atoms with Gasteiger partial charge >= 0.3 is 0 Å². The van der Waals surface area contributed by atoms with E-state index in [1.165, 1.54) is 5.69 Å². The van der Waals surface area contributed by atoms with E-state index in [2.05, 4.69) is 27.2 Å². The van der Waals surface area contributed by atoms with E-state index in [0.717, 1.165) is 30.9 Å². The van der Waals surface area contributed by atoms with Gasteiger partial charge in [-0.1, -0.05) is 6.92 Å². The van der Waals surface area contributed by atoms with Crippen molar-refractivity contribution in [1.29, 1.82) is 0 Å². The van der Waals surface area contributed by atoms with Crippen LogP contribution >= 0.6 is 0 Å². The summed E-state index contributed by atoms with van der Waals surface area (Å²) in [5, 5.41) is 7.76. The highest BCUT2D eigenvalue weighted by molar-refractivity contribution is 5.67. The molecule has 0 saturated carbocycles. The minimum absolute atomic E-state index is 0.756. The summed E-state index contributed by atoms with van der Waals surface area (Å²) in [6.07, 6.45) is 6.60. The first-order chi connectivity index (χ1) is 9.22. The van der Waals surface area contributed by atoms with Crippen LogP contribution in [0.15, 0.2) is 30.7 Å². The number of nitrogens with zero attached hydrogens (tertiary/aromatic N) is 4. The number of pyridine rings is 1. The van der Waals surface area contributed by atoms with Crippen LogP contribution in [0.2, 0.25) is 0 Å². The zero-order valence-corrected chi connectivity index (χ0v) is 11.8. The highest BCUT2D eigenvalue weighted by Gasteiger charge is 2.06. The molecule has 2 aromatic heterocycles. The van der Waals surface area contributed by atoms with Crippen LogP contribution in [0.1, 0.15) is 19.0 Å². The lowest BCUT2D eigenvalue weighted by molar-refractivity contribution is 0.578. The van der Waals surface area contributed by atoms with Gasteiger partial charge in [0.15, 0.2) is 0 Å². The minimum Gasteiger partial charge on any atom is -0.376 e. The third kappa shape index (κ3) is 3.24. The molecular formula is C14H21N5. The average Bonchev–Trinajstić information content (AvgIpc) is 2.84. The van der Waals surface area contributed by atoms with Gasteiger partial charge in [0.1, 0.15) is 0 Å². The molecule has 0 aliphatic heterocycles. The van der Waals surface area contributed by atoms with Gasteiger partial charge in [-0.15, -0.1) is 0 Å². The molecule has 1 N–H and O–H groups in total. The molecule has 2 rings (SSSR count). The average molecular weight is 259 g/mol. The van der Waals surface area contributed by atoms with Crippen LogP contribution in [-0.2, 0) is 13.1 Å². The molecule has 5 heteroatoms. The van der Waals surface area contributed by atoms with Crippen molar-refractivity contribution in [2.24, 2.45) is 0 Å². The lowest BCUT2D eigenvalue weighted by Gasteiger charge is -2.18. The van der Waals surface area contributed by atoms with Crippen molar-refractivity contribution in [1.82, 2.24) is 14.8 Å². The molecule has 0 amide bonds. The van der Waals surface area contributed by atoms with E-state index in [0.29, 0.717) is 0 Å². The lowest BCUT2D eigenvalue weighted by Crippen LogP contribution is -2.14. The van der Waals surface area contributed by atoms with Crippen molar-refractivity contribution in [3.05, 3.63) is 36.4 Å². The van der Waals surface area contributed by atoms with Gasteiger partial charge in [-0.3, -0.25) is 9.67 Å². The van der Waals surface area contributed by atoms with E-state index in [4.69, 9.17) is 0 Å². The number of hydrogen-bond donors (Lipinski definition) is 1. The van der Waals surface area contributed by atoms with E-state index >= 15 is 0 Å². The Morgan fingerprint density at radius 1 is 1.26 bits per heavy atom. The second-order valence-electron chi connectivity index (χ2n) is 4.69.